The topological polar surface area (TPSA) is 79.9 Å². The summed E-state index contributed by atoms with van der Waals surface area (Å²) in [6.45, 7) is 0. The molecule has 0 radical (unpaired) electrons. The van der Waals surface area contributed by atoms with Gasteiger partial charge in [0, 0.05) is 0 Å². The zero-order chi connectivity index (χ0) is 12.8. The molecular formula is C12H10N4O2. The van der Waals surface area contributed by atoms with Crippen molar-refractivity contribution in [2.45, 2.75) is 0 Å². The standard InChI is InChI=1S/C12H10N4O2/c17-16(18)15-12-8-6-11(7-9-12)14-13-10-4-2-1-3-5-10/h1-9,15H. The minimum Gasteiger partial charge on any atom is -0.235 e. The van der Waals surface area contributed by atoms with Gasteiger partial charge in [0.1, 0.15) is 5.69 Å². The molecule has 18 heavy (non-hydrogen) atoms. The van der Waals surface area contributed by atoms with Crippen molar-refractivity contribution < 1.29 is 5.03 Å². The van der Waals surface area contributed by atoms with Crippen molar-refractivity contribution >= 4 is 17.1 Å². The van der Waals surface area contributed by atoms with E-state index >= 15 is 0 Å². The Morgan fingerprint density at radius 3 is 2.00 bits per heavy atom. The first-order valence-electron chi connectivity index (χ1n) is 5.22. The van der Waals surface area contributed by atoms with E-state index in [4.69, 9.17) is 0 Å². The molecule has 6 heteroatoms. The predicted octanol–water partition coefficient (Wildman–Crippen LogP) is 3.71. The van der Waals surface area contributed by atoms with E-state index in [-0.39, 0.29) is 0 Å². The first-order valence-corrected chi connectivity index (χ1v) is 5.22. The van der Waals surface area contributed by atoms with Gasteiger partial charge in [0.25, 0.3) is 0 Å². The maximum atomic E-state index is 10.2. The summed E-state index contributed by atoms with van der Waals surface area (Å²) < 4.78 is 0. The third-order valence-corrected chi connectivity index (χ3v) is 2.12. The number of nitrogens with zero attached hydrogens (tertiary/aromatic N) is 3. The van der Waals surface area contributed by atoms with E-state index in [1.165, 1.54) is 0 Å². The van der Waals surface area contributed by atoms with Gasteiger partial charge in [-0.2, -0.15) is 10.2 Å². The Morgan fingerprint density at radius 1 is 0.889 bits per heavy atom. The SMILES string of the molecule is O=[N+]([O-])Nc1ccc(N=Nc2ccccc2)cc1. The maximum Gasteiger partial charge on any atom is 0.162 e. The van der Waals surface area contributed by atoms with E-state index in [9.17, 15) is 10.1 Å². The third-order valence-electron chi connectivity index (χ3n) is 2.12. The number of benzene rings is 2. The van der Waals surface area contributed by atoms with Gasteiger partial charge in [-0.3, -0.25) is 0 Å². The van der Waals surface area contributed by atoms with Crippen LogP contribution >= 0.6 is 0 Å². The van der Waals surface area contributed by atoms with E-state index in [0.29, 0.717) is 11.4 Å². The van der Waals surface area contributed by atoms with E-state index in [1.807, 2.05) is 30.3 Å². The van der Waals surface area contributed by atoms with Crippen LogP contribution in [-0.2, 0) is 0 Å². The minimum absolute atomic E-state index is 0.402. The molecule has 0 atom stereocenters. The highest BCUT2D eigenvalue weighted by atomic mass is 16.7. The molecule has 2 aromatic carbocycles. The zero-order valence-electron chi connectivity index (χ0n) is 9.35. The average Bonchev–Trinajstić information content (AvgIpc) is 2.38. The van der Waals surface area contributed by atoms with Crippen LogP contribution in [0.2, 0.25) is 0 Å². The van der Waals surface area contributed by atoms with Crippen molar-refractivity contribution in [1.82, 2.24) is 0 Å². The number of hydrogen-bond acceptors (Lipinski definition) is 4. The highest BCUT2D eigenvalue weighted by molar-refractivity contribution is 5.49. The van der Waals surface area contributed by atoms with Gasteiger partial charge in [0.2, 0.25) is 0 Å². The number of nitro groups is 1. The lowest BCUT2D eigenvalue weighted by molar-refractivity contribution is -0.445. The van der Waals surface area contributed by atoms with E-state index in [2.05, 4.69) is 15.7 Å². The Labute approximate surface area is 103 Å². The fourth-order valence-electron chi connectivity index (χ4n) is 1.32. The monoisotopic (exact) mass is 242 g/mol. The second kappa shape index (κ2) is 5.53. The lowest BCUT2D eigenvalue weighted by Gasteiger charge is -1.97. The van der Waals surface area contributed by atoms with Crippen LogP contribution < -0.4 is 5.43 Å². The largest absolute Gasteiger partial charge is 0.235 e. The fraction of sp³-hybridized carbons (Fsp3) is 0. The summed E-state index contributed by atoms with van der Waals surface area (Å²) in [4.78, 5) is 10.2. The Morgan fingerprint density at radius 2 is 1.44 bits per heavy atom. The van der Waals surface area contributed by atoms with Gasteiger partial charge >= 0.3 is 0 Å². The van der Waals surface area contributed by atoms with Gasteiger partial charge in [-0.25, -0.2) is 10.1 Å². The van der Waals surface area contributed by atoms with Crippen LogP contribution in [0.25, 0.3) is 0 Å². The molecule has 0 spiro atoms. The van der Waals surface area contributed by atoms with Crippen molar-refractivity contribution in [2.75, 3.05) is 5.43 Å². The normalized spacial score (nSPS) is 10.4. The molecule has 0 aliphatic carbocycles. The fourth-order valence-corrected chi connectivity index (χ4v) is 1.32. The van der Waals surface area contributed by atoms with Crippen molar-refractivity contribution in [1.29, 1.82) is 0 Å². The van der Waals surface area contributed by atoms with Gasteiger partial charge in [-0.05, 0) is 36.4 Å². The number of hydrazine groups is 1. The summed E-state index contributed by atoms with van der Waals surface area (Å²) >= 11 is 0. The number of rotatable bonds is 4. The van der Waals surface area contributed by atoms with Crippen molar-refractivity contribution in [3.63, 3.8) is 0 Å². The molecule has 90 valence electrons. The predicted molar refractivity (Wildman–Crippen MR) is 67.7 cm³/mol. The Balaban J connectivity index is 2.06. The molecule has 0 saturated carbocycles. The lowest BCUT2D eigenvalue weighted by atomic mass is 10.3. The summed E-state index contributed by atoms with van der Waals surface area (Å²) in [5.74, 6) is 0. The first kappa shape index (κ1) is 11.7. The van der Waals surface area contributed by atoms with Gasteiger partial charge in [0.15, 0.2) is 5.03 Å². The second-order valence-corrected chi connectivity index (χ2v) is 3.45. The first-order chi connectivity index (χ1) is 8.74. The molecule has 6 nitrogen and oxygen atoms in total. The highest BCUT2D eigenvalue weighted by Crippen LogP contribution is 2.19. The molecule has 0 unspecified atom stereocenters. The van der Waals surface area contributed by atoms with Crippen molar-refractivity contribution in [3.05, 3.63) is 64.7 Å². The molecule has 0 saturated heterocycles. The van der Waals surface area contributed by atoms with E-state index in [0.717, 1.165) is 5.69 Å². The maximum absolute atomic E-state index is 10.2. The van der Waals surface area contributed by atoms with Gasteiger partial charge in [0.05, 0.1) is 11.4 Å². The lowest BCUT2D eigenvalue weighted by Crippen LogP contribution is -2.07. The number of azo groups is 1. The molecule has 0 heterocycles. The van der Waals surface area contributed by atoms with Gasteiger partial charge in [-0.1, -0.05) is 18.2 Å². The summed E-state index contributed by atoms with van der Waals surface area (Å²) in [7, 11) is 0. The van der Waals surface area contributed by atoms with Crippen LogP contribution in [0.3, 0.4) is 0 Å². The second-order valence-electron chi connectivity index (χ2n) is 3.45. The molecule has 2 rings (SSSR count). The van der Waals surface area contributed by atoms with Crippen LogP contribution in [0.15, 0.2) is 64.8 Å². The smallest absolute Gasteiger partial charge is 0.162 e. The molecule has 0 fully saturated rings. The van der Waals surface area contributed by atoms with Crippen LogP contribution in [0.5, 0.6) is 0 Å². The molecule has 0 amide bonds. The summed E-state index contributed by atoms with van der Waals surface area (Å²) in [5, 5.41) is 17.7. The molecule has 1 N–H and O–H groups in total. The summed E-state index contributed by atoms with van der Waals surface area (Å²) in [5.41, 5.74) is 3.84. The Bertz CT molecular complexity index is 552. The third kappa shape index (κ3) is 3.38. The number of hydrogen-bond donors (Lipinski definition) is 1. The van der Waals surface area contributed by atoms with Crippen LogP contribution in [0.1, 0.15) is 0 Å². The average molecular weight is 242 g/mol. The van der Waals surface area contributed by atoms with E-state index < -0.39 is 5.03 Å². The summed E-state index contributed by atoms with van der Waals surface area (Å²) in [6.07, 6.45) is 0. The highest BCUT2D eigenvalue weighted by Gasteiger charge is 1.98. The molecule has 2 aromatic rings. The Kier molecular flexibility index (Phi) is 3.60. The number of nitrogens with one attached hydrogen (secondary N) is 1. The molecule has 0 aromatic heterocycles. The number of anilines is 1. The van der Waals surface area contributed by atoms with Crippen LogP contribution in [0.4, 0.5) is 17.1 Å². The molecule has 0 aliphatic heterocycles. The van der Waals surface area contributed by atoms with E-state index in [1.54, 1.807) is 24.3 Å². The Hall–Kier alpha value is -2.76. The summed E-state index contributed by atoms with van der Waals surface area (Å²) in [6, 6.07) is 15.8. The molecule has 0 bridgehead atoms. The van der Waals surface area contributed by atoms with Crippen molar-refractivity contribution in [3.8, 4) is 0 Å². The van der Waals surface area contributed by atoms with Crippen LogP contribution in [0, 0.1) is 10.1 Å². The zero-order valence-corrected chi connectivity index (χ0v) is 9.35. The molecular weight excluding hydrogens is 232 g/mol. The van der Waals surface area contributed by atoms with Gasteiger partial charge in [-0.15, -0.1) is 5.43 Å². The minimum atomic E-state index is -0.611. The molecule has 0 aliphatic rings. The van der Waals surface area contributed by atoms with Crippen LogP contribution in [-0.4, -0.2) is 5.03 Å². The quantitative estimate of drug-likeness (QED) is 0.504. The van der Waals surface area contributed by atoms with Gasteiger partial charge < -0.3 is 0 Å². The van der Waals surface area contributed by atoms with Crippen molar-refractivity contribution in [2.24, 2.45) is 10.2 Å².